The molecule has 1 aliphatic rings. The van der Waals surface area contributed by atoms with Gasteiger partial charge < -0.3 is 10.6 Å². The lowest BCUT2D eigenvalue weighted by atomic mass is 10.2. The second-order valence-corrected chi connectivity index (χ2v) is 8.34. The van der Waals surface area contributed by atoms with Gasteiger partial charge in [-0.2, -0.15) is 11.8 Å². The summed E-state index contributed by atoms with van der Waals surface area (Å²) in [6, 6.07) is 4.95. The zero-order chi connectivity index (χ0) is 14.8. The quantitative estimate of drug-likeness (QED) is 0.856. The van der Waals surface area contributed by atoms with Gasteiger partial charge in [0.05, 0.1) is 16.3 Å². The Hall–Kier alpha value is -0.920. The molecular formula is C13H21N3O2S2. The largest absolute Gasteiger partial charge is 0.397 e. The number of sulfonamides is 1. The molecule has 1 saturated heterocycles. The second-order valence-electron chi connectivity index (χ2n) is 4.96. The molecule has 20 heavy (non-hydrogen) atoms. The highest BCUT2D eigenvalue weighted by Crippen LogP contribution is 2.29. The molecule has 0 aliphatic carbocycles. The Balaban J connectivity index is 2.38. The van der Waals surface area contributed by atoms with E-state index in [1.807, 2.05) is 11.8 Å². The van der Waals surface area contributed by atoms with E-state index in [1.165, 1.54) is 18.4 Å². The van der Waals surface area contributed by atoms with Crippen LogP contribution in [0.15, 0.2) is 23.1 Å². The highest BCUT2D eigenvalue weighted by Gasteiger charge is 2.20. The first-order valence-corrected chi connectivity index (χ1v) is 9.17. The lowest BCUT2D eigenvalue weighted by Crippen LogP contribution is -2.27. The number of nitrogens with zero attached hydrogens (tertiary/aromatic N) is 2. The molecule has 1 aliphatic heterocycles. The predicted octanol–water partition coefficient (Wildman–Crippen LogP) is 1.46. The van der Waals surface area contributed by atoms with Gasteiger partial charge in [-0.05, 0) is 30.4 Å². The van der Waals surface area contributed by atoms with E-state index in [4.69, 9.17) is 5.73 Å². The first-order chi connectivity index (χ1) is 9.43. The zero-order valence-electron chi connectivity index (χ0n) is 11.9. The van der Waals surface area contributed by atoms with Gasteiger partial charge in [-0.15, -0.1) is 0 Å². The number of hydrogen-bond acceptors (Lipinski definition) is 5. The van der Waals surface area contributed by atoms with Crippen LogP contribution in [0.4, 0.5) is 11.4 Å². The number of thioether (sulfide) groups is 1. The van der Waals surface area contributed by atoms with E-state index in [-0.39, 0.29) is 0 Å². The van der Waals surface area contributed by atoms with Crippen LogP contribution in [0.3, 0.4) is 0 Å². The fraction of sp³-hybridized carbons (Fsp3) is 0.538. The first-order valence-electron chi connectivity index (χ1n) is 6.57. The molecule has 0 atom stereocenters. The van der Waals surface area contributed by atoms with Crippen molar-refractivity contribution >= 4 is 33.2 Å². The average molecular weight is 315 g/mol. The molecule has 1 heterocycles. The third-order valence-corrected chi connectivity index (χ3v) is 6.20. The van der Waals surface area contributed by atoms with E-state index < -0.39 is 10.0 Å². The van der Waals surface area contributed by atoms with Crippen LogP contribution in [0.2, 0.25) is 0 Å². The minimum atomic E-state index is -3.42. The Kier molecular flexibility index (Phi) is 4.82. The second kappa shape index (κ2) is 6.24. The molecule has 0 radical (unpaired) electrons. The molecule has 0 unspecified atom stereocenters. The third kappa shape index (κ3) is 3.21. The molecule has 1 fully saturated rings. The number of rotatable bonds is 3. The highest BCUT2D eigenvalue weighted by molar-refractivity contribution is 7.99. The summed E-state index contributed by atoms with van der Waals surface area (Å²) in [6.45, 7) is 1.82. The summed E-state index contributed by atoms with van der Waals surface area (Å²) in [5.41, 5.74) is 7.50. The smallest absolute Gasteiger partial charge is 0.242 e. The van der Waals surface area contributed by atoms with E-state index >= 15 is 0 Å². The topological polar surface area (TPSA) is 66.6 Å². The average Bonchev–Trinajstić information content (AvgIpc) is 2.67. The van der Waals surface area contributed by atoms with Crippen molar-refractivity contribution < 1.29 is 8.42 Å². The summed E-state index contributed by atoms with van der Waals surface area (Å²) in [5.74, 6) is 2.19. The maximum absolute atomic E-state index is 12.2. The molecule has 0 saturated carbocycles. The summed E-state index contributed by atoms with van der Waals surface area (Å²) >= 11 is 1.93. The fourth-order valence-corrected chi connectivity index (χ4v) is 3.96. The normalized spacial score (nSPS) is 17.2. The van der Waals surface area contributed by atoms with Gasteiger partial charge >= 0.3 is 0 Å². The fourth-order valence-electron chi connectivity index (χ4n) is 2.16. The third-order valence-electron chi connectivity index (χ3n) is 3.34. The minimum Gasteiger partial charge on any atom is -0.397 e. The molecule has 1 aromatic rings. The van der Waals surface area contributed by atoms with Gasteiger partial charge in [-0.1, -0.05) is 0 Å². The van der Waals surface area contributed by atoms with Gasteiger partial charge in [0, 0.05) is 32.9 Å². The monoisotopic (exact) mass is 315 g/mol. The molecule has 0 bridgehead atoms. The Bertz CT molecular complexity index is 565. The molecular weight excluding hydrogens is 294 g/mol. The molecule has 5 nitrogen and oxygen atoms in total. The Labute approximate surface area is 125 Å². The Morgan fingerprint density at radius 2 is 2.00 bits per heavy atom. The van der Waals surface area contributed by atoms with Crippen LogP contribution >= 0.6 is 11.8 Å². The van der Waals surface area contributed by atoms with Crippen LogP contribution in [-0.2, 0) is 10.0 Å². The van der Waals surface area contributed by atoms with Crippen molar-refractivity contribution in [1.29, 1.82) is 0 Å². The first kappa shape index (κ1) is 15.5. The van der Waals surface area contributed by atoms with Crippen LogP contribution in [0, 0.1) is 0 Å². The van der Waals surface area contributed by atoms with Crippen molar-refractivity contribution in [2.45, 2.75) is 11.3 Å². The van der Waals surface area contributed by atoms with Gasteiger partial charge in [0.1, 0.15) is 0 Å². The number of nitrogen functional groups attached to an aromatic ring is 1. The van der Waals surface area contributed by atoms with Gasteiger partial charge in [-0.25, -0.2) is 12.7 Å². The summed E-state index contributed by atoms with van der Waals surface area (Å²) in [7, 11) is -0.347. The van der Waals surface area contributed by atoms with E-state index in [0.717, 1.165) is 36.7 Å². The van der Waals surface area contributed by atoms with Gasteiger partial charge in [0.15, 0.2) is 0 Å². The molecule has 0 aromatic heterocycles. The van der Waals surface area contributed by atoms with Crippen LogP contribution in [0.1, 0.15) is 6.42 Å². The maximum atomic E-state index is 12.2. The van der Waals surface area contributed by atoms with Crippen LogP contribution in [0.25, 0.3) is 0 Å². The van der Waals surface area contributed by atoms with E-state index in [0.29, 0.717) is 10.6 Å². The van der Waals surface area contributed by atoms with Gasteiger partial charge in [0.25, 0.3) is 0 Å². The summed E-state index contributed by atoms with van der Waals surface area (Å²) in [5, 5.41) is 0. The van der Waals surface area contributed by atoms with Crippen LogP contribution in [-0.4, -0.2) is 51.4 Å². The van der Waals surface area contributed by atoms with Gasteiger partial charge in [0.2, 0.25) is 10.0 Å². The van der Waals surface area contributed by atoms with E-state index in [1.54, 1.807) is 18.2 Å². The van der Waals surface area contributed by atoms with Crippen molar-refractivity contribution in [2.24, 2.45) is 0 Å². The zero-order valence-corrected chi connectivity index (χ0v) is 13.5. The number of nitrogens with two attached hydrogens (primary N) is 1. The standard InChI is InChI=1S/C13H21N3O2S2/c1-15(2)20(17,18)11-4-5-12(14)13(10-11)16-6-3-8-19-9-7-16/h4-5,10H,3,6-9,14H2,1-2H3. The number of hydrogen-bond donors (Lipinski definition) is 1. The van der Waals surface area contributed by atoms with Crippen LogP contribution in [0.5, 0.6) is 0 Å². The van der Waals surface area contributed by atoms with Gasteiger partial charge in [-0.3, -0.25) is 0 Å². The predicted molar refractivity (Wildman–Crippen MR) is 85.9 cm³/mol. The molecule has 2 rings (SSSR count). The van der Waals surface area contributed by atoms with Crippen molar-refractivity contribution in [3.05, 3.63) is 18.2 Å². The number of benzene rings is 1. The summed E-state index contributed by atoms with van der Waals surface area (Å²) in [6.07, 6.45) is 1.09. The number of anilines is 2. The van der Waals surface area contributed by atoms with Crippen molar-refractivity contribution in [3.63, 3.8) is 0 Å². The Morgan fingerprint density at radius 1 is 1.25 bits per heavy atom. The van der Waals surface area contributed by atoms with Crippen molar-refractivity contribution in [1.82, 2.24) is 4.31 Å². The Morgan fingerprint density at radius 3 is 2.70 bits per heavy atom. The maximum Gasteiger partial charge on any atom is 0.242 e. The van der Waals surface area contributed by atoms with Crippen molar-refractivity contribution in [2.75, 3.05) is 49.3 Å². The van der Waals surface area contributed by atoms with E-state index in [9.17, 15) is 8.42 Å². The molecule has 0 spiro atoms. The van der Waals surface area contributed by atoms with Crippen molar-refractivity contribution in [3.8, 4) is 0 Å². The van der Waals surface area contributed by atoms with Crippen LogP contribution < -0.4 is 10.6 Å². The highest BCUT2D eigenvalue weighted by atomic mass is 32.2. The summed E-state index contributed by atoms with van der Waals surface area (Å²) in [4.78, 5) is 2.48. The lowest BCUT2D eigenvalue weighted by molar-refractivity contribution is 0.521. The minimum absolute atomic E-state index is 0.295. The molecule has 2 N–H and O–H groups in total. The summed E-state index contributed by atoms with van der Waals surface area (Å²) < 4.78 is 25.6. The molecule has 0 amide bonds. The van der Waals surface area contributed by atoms with E-state index in [2.05, 4.69) is 4.90 Å². The molecule has 1 aromatic carbocycles. The SMILES string of the molecule is CN(C)S(=O)(=O)c1ccc(N)c(N2CCCSCC2)c1. The molecule has 112 valence electrons. The molecule has 7 heteroatoms. The lowest BCUT2D eigenvalue weighted by Gasteiger charge is -2.25.